The minimum absolute atomic E-state index is 0. The van der Waals surface area contributed by atoms with Crippen molar-refractivity contribution in [1.82, 2.24) is 10.2 Å². The number of nitrogens with zero attached hydrogens (tertiary/aromatic N) is 1. The SMILES string of the molecule is CC1CCN(Cc2cccc(CNC(=O)C(C)(C)N)c2)CC1.Cl.Cl. The Balaban J connectivity index is 0.00000264. The first-order chi connectivity index (χ1) is 10.3. The number of nitrogens with two attached hydrogens (primary N) is 1. The standard InChI is InChI=1S/C18H29N3O.2ClH/c1-14-7-9-21(10-8-14)13-16-6-4-5-15(11-16)12-20-17(22)18(2,3)19;;/h4-6,11,14H,7-10,12-13,19H2,1-3H3,(H,20,22);2*1H. The number of piperidine rings is 1. The molecule has 1 aliphatic rings. The lowest BCUT2D eigenvalue weighted by molar-refractivity contribution is -0.125. The van der Waals surface area contributed by atoms with Crippen molar-refractivity contribution in [3.63, 3.8) is 0 Å². The average Bonchev–Trinajstić information content (AvgIpc) is 2.46. The van der Waals surface area contributed by atoms with Crippen LogP contribution in [0, 0.1) is 5.92 Å². The second-order valence-electron chi connectivity index (χ2n) is 7.18. The van der Waals surface area contributed by atoms with Crippen molar-refractivity contribution in [2.24, 2.45) is 11.7 Å². The summed E-state index contributed by atoms with van der Waals surface area (Å²) in [7, 11) is 0. The van der Waals surface area contributed by atoms with Crippen LogP contribution < -0.4 is 11.1 Å². The second kappa shape index (κ2) is 10.2. The molecule has 2 rings (SSSR count). The van der Waals surface area contributed by atoms with Gasteiger partial charge in [0, 0.05) is 13.1 Å². The molecule has 6 heteroatoms. The van der Waals surface area contributed by atoms with E-state index in [1.165, 1.54) is 31.5 Å². The molecule has 1 heterocycles. The van der Waals surface area contributed by atoms with E-state index in [0.717, 1.165) is 18.0 Å². The third-order valence-corrected chi connectivity index (χ3v) is 4.31. The quantitative estimate of drug-likeness (QED) is 0.830. The molecular weight excluding hydrogens is 345 g/mol. The summed E-state index contributed by atoms with van der Waals surface area (Å²) >= 11 is 0. The van der Waals surface area contributed by atoms with E-state index < -0.39 is 5.54 Å². The van der Waals surface area contributed by atoms with Gasteiger partial charge in [0.05, 0.1) is 5.54 Å². The van der Waals surface area contributed by atoms with Gasteiger partial charge >= 0.3 is 0 Å². The lowest BCUT2D eigenvalue weighted by Gasteiger charge is -2.30. The summed E-state index contributed by atoms with van der Waals surface area (Å²) < 4.78 is 0. The van der Waals surface area contributed by atoms with Gasteiger partial charge < -0.3 is 11.1 Å². The maximum Gasteiger partial charge on any atom is 0.239 e. The Labute approximate surface area is 158 Å². The molecular formula is C18H31Cl2N3O. The smallest absolute Gasteiger partial charge is 0.239 e. The molecule has 1 saturated heterocycles. The molecule has 0 unspecified atom stereocenters. The Hall–Kier alpha value is -0.810. The lowest BCUT2D eigenvalue weighted by Crippen LogP contribution is -2.48. The van der Waals surface area contributed by atoms with Crippen LogP contribution in [0.2, 0.25) is 0 Å². The van der Waals surface area contributed by atoms with E-state index in [1.807, 2.05) is 6.07 Å². The molecule has 1 aromatic rings. The molecule has 1 aliphatic heterocycles. The largest absolute Gasteiger partial charge is 0.350 e. The number of carbonyl (C=O) groups is 1. The summed E-state index contributed by atoms with van der Waals surface area (Å²) in [5, 5.41) is 2.90. The van der Waals surface area contributed by atoms with Gasteiger partial charge in [-0.2, -0.15) is 0 Å². The Kier molecular flexibility index (Phi) is 9.90. The first-order valence-corrected chi connectivity index (χ1v) is 8.22. The van der Waals surface area contributed by atoms with E-state index in [1.54, 1.807) is 13.8 Å². The highest BCUT2D eigenvalue weighted by Gasteiger charge is 2.21. The Bertz CT molecular complexity index is 509. The van der Waals surface area contributed by atoms with Crippen molar-refractivity contribution >= 4 is 30.7 Å². The van der Waals surface area contributed by atoms with Crippen LogP contribution in [0.1, 0.15) is 44.7 Å². The van der Waals surface area contributed by atoms with Crippen molar-refractivity contribution in [1.29, 1.82) is 0 Å². The molecule has 0 spiro atoms. The van der Waals surface area contributed by atoms with Crippen molar-refractivity contribution in [2.45, 2.75) is 52.2 Å². The molecule has 0 aromatic heterocycles. The van der Waals surface area contributed by atoms with Gasteiger partial charge in [-0.3, -0.25) is 9.69 Å². The molecule has 1 fully saturated rings. The molecule has 1 aromatic carbocycles. The van der Waals surface area contributed by atoms with Gasteiger partial charge in [-0.1, -0.05) is 31.2 Å². The maximum absolute atomic E-state index is 11.8. The zero-order valence-electron chi connectivity index (χ0n) is 14.9. The molecule has 0 saturated carbocycles. The average molecular weight is 376 g/mol. The van der Waals surface area contributed by atoms with Gasteiger partial charge in [0.2, 0.25) is 5.91 Å². The predicted molar refractivity (Wildman–Crippen MR) is 105 cm³/mol. The fourth-order valence-corrected chi connectivity index (χ4v) is 2.73. The highest BCUT2D eigenvalue weighted by molar-refractivity contribution is 5.85. The lowest BCUT2D eigenvalue weighted by atomic mass is 9.98. The van der Waals surface area contributed by atoms with E-state index in [9.17, 15) is 4.79 Å². The molecule has 24 heavy (non-hydrogen) atoms. The zero-order valence-corrected chi connectivity index (χ0v) is 16.5. The number of halogens is 2. The number of likely N-dealkylation sites (tertiary alicyclic amines) is 1. The van der Waals surface area contributed by atoms with Crippen LogP contribution in [0.3, 0.4) is 0 Å². The van der Waals surface area contributed by atoms with Gasteiger partial charge in [0.25, 0.3) is 0 Å². The first-order valence-electron chi connectivity index (χ1n) is 8.22. The zero-order chi connectivity index (χ0) is 16.2. The number of hydrogen-bond acceptors (Lipinski definition) is 3. The molecule has 3 N–H and O–H groups in total. The number of amides is 1. The predicted octanol–water partition coefficient (Wildman–Crippen LogP) is 3.12. The van der Waals surface area contributed by atoms with Crippen molar-refractivity contribution in [2.75, 3.05) is 13.1 Å². The normalized spacial score (nSPS) is 16.0. The van der Waals surface area contributed by atoms with Gasteiger partial charge in [0.1, 0.15) is 0 Å². The molecule has 4 nitrogen and oxygen atoms in total. The molecule has 0 bridgehead atoms. The van der Waals surface area contributed by atoms with Crippen molar-refractivity contribution in [3.05, 3.63) is 35.4 Å². The molecule has 1 amide bonds. The van der Waals surface area contributed by atoms with Crippen LogP contribution in [0.15, 0.2) is 24.3 Å². The summed E-state index contributed by atoms with van der Waals surface area (Å²) in [6.07, 6.45) is 2.59. The number of benzene rings is 1. The summed E-state index contributed by atoms with van der Waals surface area (Å²) in [6.45, 7) is 9.67. The molecule has 138 valence electrons. The Morgan fingerprint density at radius 1 is 1.25 bits per heavy atom. The van der Waals surface area contributed by atoms with E-state index in [-0.39, 0.29) is 30.7 Å². The number of rotatable bonds is 5. The fraction of sp³-hybridized carbons (Fsp3) is 0.611. The minimum Gasteiger partial charge on any atom is -0.350 e. The Morgan fingerprint density at radius 2 is 1.83 bits per heavy atom. The summed E-state index contributed by atoms with van der Waals surface area (Å²) in [5.41, 5.74) is 7.40. The van der Waals surface area contributed by atoms with Gasteiger partial charge in [0.15, 0.2) is 0 Å². The van der Waals surface area contributed by atoms with Crippen LogP contribution >= 0.6 is 24.8 Å². The van der Waals surface area contributed by atoms with Gasteiger partial charge in [-0.25, -0.2) is 0 Å². The number of nitrogens with one attached hydrogen (secondary N) is 1. The van der Waals surface area contributed by atoms with Crippen LogP contribution in [-0.4, -0.2) is 29.4 Å². The summed E-state index contributed by atoms with van der Waals surface area (Å²) in [5.74, 6) is 0.736. The second-order valence-corrected chi connectivity index (χ2v) is 7.18. The minimum atomic E-state index is -0.831. The molecule has 0 aliphatic carbocycles. The first kappa shape index (κ1) is 23.2. The molecule has 0 radical (unpaired) electrons. The highest BCUT2D eigenvalue weighted by atomic mass is 35.5. The topological polar surface area (TPSA) is 58.4 Å². The van der Waals surface area contributed by atoms with Crippen LogP contribution in [0.5, 0.6) is 0 Å². The third-order valence-electron chi connectivity index (χ3n) is 4.31. The van der Waals surface area contributed by atoms with E-state index in [4.69, 9.17) is 5.73 Å². The third kappa shape index (κ3) is 7.39. The van der Waals surface area contributed by atoms with Gasteiger partial charge in [-0.15, -0.1) is 24.8 Å². The van der Waals surface area contributed by atoms with Crippen molar-refractivity contribution in [3.8, 4) is 0 Å². The van der Waals surface area contributed by atoms with Crippen LogP contribution in [-0.2, 0) is 17.9 Å². The van der Waals surface area contributed by atoms with Gasteiger partial charge in [-0.05, 0) is 56.8 Å². The summed E-state index contributed by atoms with van der Waals surface area (Å²) in [6, 6.07) is 8.46. The monoisotopic (exact) mass is 375 g/mol. The van der Waals surface area contributed by atoms with Crippen LogP contribution in [0.4, 0.5) is 0 Å². The summed E-state index contributed by atoms with van der Waals surface area (Å²) in [4.78, 5) is 14.3. The van der Waals surface area contributed by atoms with E-state index >= 15 is 0 Å². The maximum atomic E-state index is 11.8. The van der Waals surface area contributed by atoms with E-state index in [2.05, 4.69) is 35.3 Å². The van der Waals surface area contributed by atoms with Crippen molar-refractivity contribution < 1.29 is 4.79 Å². The highest BCUT2D eigenvalue weighted by Crippen LogP contribution is 2.18. The fourth-order valence-electron chi connectivity index (χ4n) is 2.73. The number of carbonyl (C=O) groups excluding carboxylic acids is 1. The van der Waals surface area contributed by atoms with E-state index in [0.29, 0.717) is 6.54 Å². The van der Waals surface area contributed by atoms with Crippen LogP contribution in [0.25, 0.3) is 0 Å². The Morgan fingerprint density at radius 3 is 2.42 bits per heavy atom. The molecule has 0 atom stereocenters. The number of hydrogen-bond donors (Lipinski definition) is 2.